The number of carbonyl (C=O) groups excluding carboxylic acids is 2. The molecule has 2 aromatic rings. The Labute approximate surface area is 206 Å². The van der Waals surface area contributed by atoms with Crippen LogP contribution in [-0.2, 0) is 0 Å². The molecule has 8 nitrogen and oxygen atoms in total. The lowest BCUT2D eigenvalue weighted by molar-refractivity contribution is -0.138. The van der Waals surface area contributed by atoms with Crippen LogP contribution in [0.15, 0.2) is 12.3 Å². The lowest BCUT2D eigenvalue weighted by atomic mass is 10.1. The summed E-state index contributed by atoms with van der Waals surface area (Å²) in [6.07, 6.45) is -5.59. The summed E-state index contributed by atoms with van der Waals surface area (Å²) in [6, 6.07) is -1.81. The highest BCUT2D eigenvalue weighted by atomic mass is 32.1. The summed E-state index contributed by atoms with van der Waals surface area (Å²) in [7, 11) is 0. The zero-order valence-electron chi connectivity index (χ0n) is 19.3. The summed E-state index contributed by atoms with van der Waals surface area (Å²) >= 11 is 0.710. The maximum Gasteiger partial charge on any atom is 0.408 e. The first-order chi connectivity index (χ1) is 16.9. The Morgan fingerprint density at radius 1 is 1.31 bits per heavy atom. The van der Waals surface area contributed by atoms with Gasteiger partial charge in [0.15, 0.2) is 5.01 Å². The summed E-state index contributed by atoms with van der Waals surface area (Å²) in [5.41, 5.74) is -1.06. The van der Waals surface area contributed by atoms with E-state index < -0.39 is 54.0 Å². The Kier molecular flexibility index (Phi) is 7.19. The van der Waals surface area contributed by atoms with Crippen LogP contribution >= 0.6 is 11.3 Å². The van der Waals surface area contributed by atoms with Crippen molar-refractivity contribution in [2.45, 2.75) is 69.9 Å². The molecule has 196 valence electrons. The second-order valence-electron chi connectivity index (χ2n) is 8.93. The number of aromatic nitrogens is 2. The number of thiazole rings is 1. The first-order valence-corrected chi connectivity index (χ1v) is 12.1. The van der Waals surface area contributed by atoms with Gasteiger partial charge in [-0.2, -0.15) is 13.2 Å². The van der Waals surface area contributed by atoms with E-state index in [1.54, 1.807) is 4.90 Å². The van der Waals surface area contributed by atoms with E-state index in [1.807, 2.05) is 6.92 Å². The van der Waals surface area contributed by atoms with Crippen molar-refractivity contribution in [1.82, 2.24) is 20.2 Å². The van der Waals surface area contributed by atoms with Crippen molar-refractivity contribution in [2.75, 3.05) is 11.9 Å². The maximum absolute atomic E-state index is 14.1. The highest BCUT2D eigenvalue weighted by molar-refractivity contribution is 7.17. The number of aliphatic hydroxyl groups is 1. The molecule has 2 aromatic heterocycles. The second-order valence-corrected chi connectivity index (χ2v) is 9.93. The van der Waals surface area contributed by atoms with E-state index in [0.29, 0.717) is 24.3 Å². The van der Waals surface area contributed by atoms with Crippen molar-refractivity contribution in [2.24, 2.45) is 0 Å². The number of nitrogens with one attached hydrogen (secondary N) is 2. The third-order valence-corrected chi connectivity index (χ3v) is 7.27. The van der Waals surface area contributed by atoms with Crippen molar-refractivity contribution in [3.63, 3.8) is 0 Å². The summed E-state index contributed by atoms with van der Waals surface area (Å²) in [6.45, 7) is 3.11. The largest absolute Gasteiger partial charge is 0.408 e. The number of amides is 2. The van der Waals surface area contributed by atoms with Crippen molar-refractivity contribution in [1.29, 1.82) is 0 Å². The molecule has 1 saturated carbocycles. The van der Waals surface area contributed by atoms with Gasteiger partial charge < -0.3 is 20.6 Å². The zero-order valence-corrected chi connectivity index (χ0v) is 20.1. The van der Waals surface area contributed by atoms with Gasteiger partial charge in [0.2, 0.25) is 0 Å². The number of aliphatic hydroxyl groups excluding tert-OH is 1. The lowest BCUT2D eigenvalue weighted by Gasteiger charge is -2.21. The molecule has 3 heterocycles. The summed E-state index contributed by atoms with van der Waals surface area (Å²) < 4.78 is 66.9. The topological polar surface area (TPSA) is 107 Å². The molecule has 14 heteroatoms. The molecule has 1 saturated heterocycles. The van der Waals surface area contributed by atoms with Crippen LogP contribution in [0.3, 0.4) is 0 Å². The van der Waals surface area contributed by atoms with Crippen molar-refractivity contribution in [3.05, 3.63) is 28.5 Å². The molecule has 1 aliphatic carbocycles. The van der Waals surface area contributed by atoms with Gasteiger partial charge in [-0.15, -0.1) is 11.3 Å². The van der Waals surface area contributed by atoms with E-state index in [-0.39, 0.29) is 27.2 Å². The van der Waals surface area contributed by atoms with E-state index in [2.05, 4.69) is 20.6 Å². The van der Waals surface area contributed by atoms with Gasteiger partial charge in [0, 0.05) is 29.9 Å². The summed E-state index contributed by atoms with van der Waals surface area (Å²) in [4.78, 5) is 35.5. The molecule has 1 aliphatic heterocycles. The Balaban J connectivity index is 1.75. The smallest absolute Gasteiger partial charge is 0.391 e. The van der Waals surface area contributed by atoms with Gasteiger partial charge in [0.25, 0.3) is 18.2 Å². The Morgan fingerprint density at radius 2 is 2.00 bits per heavy atom. The van der Waals surface area contributed by atoms with Gasteiger partial charge in [-0.3, -0.25) is 9.59 Å². The Hall–Kier alpha value is -2.87. The van der Waals surface area contributed by atoms with Crippen molar-refractivity contribution >= 4 is 29.0 Å². The molecule has 0 bridgehead atoms. The highest BCUT2D eigenvalue weighted by Crippen LogP contribution is 2.39. The number of carbonyl (C=O) groups is 2. The molecule has 0 aromatic carbocycles. The number of pyridine rings is 1. The van der Waals surface area contributed by atoms with Crippen LogP contribution in [0.5, 0.6) is 0 Å². The molecule has 2 aliphatic rings. The zero-order chi connectivity index (χ0) is 26.4. The number of anilines is 1. The number of hydrogen-bond acceptors (Lipinski definition) is 7. The minimum absolute atomic E-state index is 0.0289. The van der Waals surface area contributed by atoms with Crippen molar-refractivity contribution < 1.29 is 36.6 Å². The number of nitrogens with zero attached hydrogens (tertiary/aromatic N) is 3. The monoisotopic (exact) mass is 533 g/mol. The van der Waals surface area contributed by atoms with E-state index in [9.17, 15) is 36.6 Å². The third kappa shape index (κ3) is 5.43. The number of alkyl halides is 5. The first kappa shape index (κ1) is 26.2. The molecular formula is C22H24F5N5O3S. The van der Waals surface area contributed by atoms with E-state index in [0.717, 1.165) is 32.0 Å². The van der Waals surface area contributed by atoms with E-state index in [4.69, 9.17) is 0 Å². The van der Waals surface area contributed by atoms with Crippen molar-refractivity contribution in [3.8, 4) is 10.4 Å². The predicted octanol–water partition coefficient (Wildman–Crippen LogP) is 3.99. The lowest BCUT2D eigenvalue weighted by Crippen LogP contribution is -2.34. The molecule has 3 N–H and O–H groups in total. The van der Waals surface area contributed by atoms with Gasteiger partial charge >= 0.3 is 6.18 Å². The van der Waals surface area contributed by atoms with Crippen LogP contribution in [0.2, 0.25) is 0 Å². The maximum atomic E-state index is 14.1. The highest BCUT2D eigenvalue weighted by Gasteiger charge is 2.39. The fourth-order valence-corrected chi connectivity index (χ4v) is 4.90. The molecule has 1 unspecified atom stereocenters. The quantitative estimate of drug-likeness (QED) is 0.465. The van der Waals surface area contributed by atoms with Gasteiger partial charge in [0.05, 0.1) is 17.0 Å². The average Bonchev–Trinajstić information content (AvgIpc) is 3.16. The molecule has 4 atom stereocenters. The molecule has 2 amide bonds. The Morgan fingerprint density at radius 3 is 2.56 bits per heavy atom. The second kappa shape index (κ2) is 9.88. The Bertz CT molecular complexity index is 1160. The van der Waals surface area contributed by atoms with Crippen LogP contribution in [0.4, 0.5) is 27.8 Å². The molecule has 2 fully saturated rings. The number of hydrogen-bond donors (Lipinski definition) is 3. The van der Waals surface area contributed by atoms with Crippen LogP contribution in [-0.4, -0.2) is 68.7 Å². The minimum atomic E-state index is -4.62. The van der Waals surface area contributed by atoms with E-state index >= 15 is 0 Å². The fourth-order valence-electron chi connectivity index (χ4n) is 3.91. The standard InChI is InChI=1S/C22H24F5N5O3S/c1-9-4-3-5-32(9)21(35)16-17(36-20(31-16)19(34)30-13-7-14(13)33)12-8-28-15(6-11(12)18(23)24)29-10(2)22(25,26)27/h6,8-10,13-14,18,33H,3-5,7H2,1-2H3,(H,28,29)(H,30,34)/t9-,10?,13-,14-/m0/s1. The van der Waals surface area contributed by atoms with Crippen LogP contribution in [0.1, 0.15) is 65.4 Å². The number of halogens is 5. The van der Waals surface area contributed by atoms with Gasteiger partial charge in [0.1, 0.15) is 17.6 Å². The van der Waals surface area contributed by atoms with E-state index in [1.165, 1.54) is 0 Å². The molecule has 0 spiro atoms. The van der Waals surface area contributed by atoms with Gasteiger partial charge in [-0.05, 0) is 39.2 Å². The molecular weight excluding hydrogens is 509 g/mol. The van der Waals surface area contributed by atoms with Crippen LogP contribution < -0.4 is 10.6 Å². The molecule has 36 heavy (non-hydrogen) atoms. The average molecular weight is 534 g/mol. The van der Waals surface area contributed by atoms with Crippen LogP contribution in [0.25, 0.3) is 10.4 Å². The SMILES string of the molecule is CC(Nc1cc(C(F)F)c(-c2sc(C(=O)N[C@H]3C[C@@H]3O)nc2C(=O)N2CCC[C@@H]2C)cn1)C(F)(F)F. The number of rotatable bonds is 7. The third-order valence-electron chi connectivity index (χ3n) is 6.18. The summed E-state index contributed by atoms with van der Waals surface area (Å²) in [5, 5.41) is 14.0. The predicted molar refractivity (Wildman–Crippen MR) is 121 cm³/mol. The summed E-state index contributed by atoms with van der Waals surface area (Å²) in [5.74, 6) is -1.62. The first-order valence-electron chi connectivity index (χ1n) is 11.3. The minimum Gasteiger partial charge on any atom is -0.391 e. The molecule has 0 radical (unpaired) electrons. The van der Waals surface area contributed by atoms with Gasteiger partial charge in [-0.1, -0.05) is 0 Å². The molecule has 4 rings (SSSR count). The fraction of sp³-hybridized carbons (Fsp3) is 0.545. The normalized spacial score (nSPS) is 22.6. The number of likely N-dealkylation sites (tertiary alicyclic amines) is 1. The van der Waals surface area contributed by atoms with Gasteiger partial charge in [-0.25, -0.2) is 18.7 Å². The van der Waals surface area contributed by atoms with Crippen LogP contribution in [0, 0.1) is 0 Å².